The summed E-state index contributed by atoms with van der Waals surface area (Å²) < 4.78 is 5.57. The second-order valence-corrected chi connectivity index (χ2v) is 11.3. The first-order valence-electron chi connectivity index (χ1n) is 15.3. The van der Waals surface area contributed by atoms with Gasteiger partial charge in [0.05, 0.1) is 0 Å². The lowest BCUT2D eigenvalue weighted by Crippen LogP contribution is -2.48. The van der Waals surface area contributed by atoms with Gasteiger partial charge in [-0.3, -0.25) is 4.79 Å². The molecule has 0 aromatic heterocycles. The summed E-state index contributed by atoms with van der Waals surface area (Å²) in [5.74, 6) is -1.77. The van der Waals surface area contributed by atoms with E-state index in [4.69, 9.17) is 4.74 Å². The van der Waals surface area contributed by atoms with Gasteiger partial charge in [0.25, 0.3) is 0 Å². The minimum absolute atomic E-state index is 0.0560. The zero-order valence-electron chi connectivity index (χ0n) is 25.1. The Morgan fingerprint density at radius 3 is 1.54 bits per heavy atom. The number of alkyl carbamates (subject to hydrolysis) is 1. The average molecular weight is 613 g/mol. The van der Waals surface area contributed by atoms with Crippen molar-refractivity contribution in [1.29, 1.82) is 0 Å². The first-order valence-corrected chi connectivity index (χ1v) is 15.3. The molecule has 0 bridgehead atoms. The van der Waals surface area contributed by atoms with Crippen LogP contribution in [0.1, 0.15) is 46.6 Å². The Hall–Kier alpha value is -5.69. The molecule has 6 rings (SSSR count). The standard InChI is InChI=1S/C39H34N2O5/c42-36(41-39(27-14-4-1-5-15-27,28-16-6-2-7-17-28)29-18-8-3-9-19-29)25-24-35(37(43)44)40-38(45)46-26-34-32-22-12-10-20-30(32)31-21-11-13-23-33(31)34/h1-23,34-35H,24-26H2,(H,40,45)(H,41,42)(H,43,44)/t35-/m0/s1/i40+1,41+1. The van der Waals surface area contributed by atoms with Crippen LogP contribution in [-0.4, -0.2) is 35.7 Å². The van der Waals surface area contributed by atoms with Crippen LogP contribution < -0.4 is 10.6 Å². The summed E-state index contributed by atoms with van der Waals surface area (Å²) in [5, 5.41) is 15.6. The highest BCUT2D eigenvalue weighted by Crippen LogP contribution is 2.44. The van der Waals surface area contributed by atoms with Crippen LogP contribution in [0.5, 0.6) is 0 Å². The lowest BCUT2D eigenvalue weighted by Gasteiger charge is -2.37. The van der Waals surface area contributed by atoms with Gasteiger partial charge in [-0.2, -0.15) is 0 Å². The van der Waals surface area contributed by atoms with E-state index in [2.05, 4.69) is 10.6 Å². The molecule has 3 N–H and O–H groups in total. The summed E-state index contributed by atoms with van der Waals surface area (Å²) in [6, 6.07) is 43.6. The van der Waals surface area contributed by atoms with Crippen molar-refractivity contribution >= 4 is 18.0 Å². The maximum Gasteiger partial charge on any atom is 0.407 e. The molecule has 7 nitrogen and oxygen atoms in total. The van der Waals surface area contributed by atoms with Gasteiger partial charge in [-0.05, 0) is 45.4 Å². The van der Waals surface area contributed by atoms with Gasteiger partial charge in [0.1, 0.15) is 18.2 Å². The molecule has 5 aromatic rings. The van der Waals surface area contributed by atoms with Gasteiger partial charge in [-0.15, -0.1) is 0 Å². The quantitative estimate of drug-likeness (QED) is 0.112. The normalized spacial score (nSPS) is 12.8. The Morgan fingerprint density at radius 2 is 1.09 bits per heavy atom. The first kappa shape index (κ1) is 30.3. The van der Waals surface area contributed by atoms with E-state index in [1.54, 1.807) is 0 Å². The Kier molecular flexibility index (Phi) is 8.92. The molecule has 1 aliphatic carbocycles. The van der Waals surface area contributed by atoms with Crippen LogP contribution >= 0.6 is 0 Å². The SMILES string of the molecule is O=C(CC[C@H]([15NH]C(=O)OCC1c2ccccc2-c2ccccc21)C(=O)O)[15NH]C(c1ccccc1)(c1ccccc1)c1ccccc1. The number of fused-ring (bicyclic) bond motifs is 3. The summed E-state index contributed by atoms with van der Waals surface area (Å²) in [4.78, 5) is 38.7. The second-order valence-electron chi connectivity index (χ2n) is 11.3. The van der Waals surface area contributed by atoms with Crippen LogP contribution in [0.2, 0.25) is 0 Å². The van der Waals surface area contributed by atoms with Crippen molar-refractivity contribution in [2.24, 2.45) is 0 Å². The Balaban J connectivity index is 1.15. The molecule has 0 saturated carbocycles. The molecule has 1 aliphatic rings. The second kappa shape index (κ2) is 13.5. The highest BCUT2D eigenvalue weighted by molar-refractivity contribution is 5.83. The predicted octanol–water partition coefficient (Wildman–Crippen LogP) is 6.87. The van der Waals surface area contributed by atoms with Gasteiger partial charge in [0.15, 0.2) is 0 Å². The smallest absolute Gasteiger partial charge is 0.407 e. The topological polar surface area (TPSA) is 105 Å². The number of benzene rings is 5. The number of nitrogens with one attached hydrogen (secondary N) is 2. The number of carbonyl (C=O) groups is 3. The molecule has 1 atom stereocenters. The zero-order valence-corrected chi connectivity index (χ0v) is 25.1. The van der Waals surface area contributed by atoms with E-state index in [0.29, 0.717) is 0 Å². The number of carboxylic acids is 1. The molecule has 0 unspecified atom stereocenters. The molecule has 0 aliphatic heterocycles. The highest BCUT2D eigenvalue weighted by atomic mass is 16.6. The van der Waals surface area contributed by atoms with Crippen molar-refractivity contribution in [3.05, 3.63) is 167 Å². The number of aliphatic carboxylic acids is 1. The monoisotopic (exact) mass is 612 g/mol. The Morgan fingerprint density at radius 1 is 0.652 bits per heavy atom. The molecular formula is C39H34N2O5. The molecule has 0 fully saturated rings. The molecule has 230 valence electrons. The van der Waals surface area contributed by atoms with E-state index >= 15 is 0 Å². The lowest BCUT2D eigenvalue weighted by molar-refractivity contribution is -0.139. The largest absolute Gasteiger partial charge is 0.480 e. The van der Waals surface area contributed by atoms with E-state index in [1.807, 2.05) is 140 Å². The summed E-state index contributed by atoms with van der Waals surface area (Å²) in [6.45, 7) is 0.0560. The van der Waals surface area contributed by atoms with Crippen molar-refractivity contribution in [1.82, 2.24) is 10.6 Å². The maximum absolute atomic E-state index is 13.7. The van der Waals surface area contributed by atoms with Crippen molar-refractivity contribution < 1.29 is 24.2 Å². The average Bonchev–Trinajstić information content (AvgIpc) is 3.42. The number of hydrogen-bond donors (Lipinski definition) is 3. The molecule has 0 spiro atoms. The van der Waals surface area contributed by atoms with Crippen molar-refractivity contribution in [2.75, 3.05) is 6.61 Å². The molecule has 0 saturated heterocycles. The van der Waals surface area contributed by atoms with Crippen molar-refractivity contribution in [2.45, 2.75) is 30.3 Å². The molecule has 0 heterocycles. The minimum Gasteiger partial charge on any atom is -0.480 e. The van der Waals surface area contributed by atoms with Crippen LogP contribution in [0.4, 0.5) is 4.79 Å². The van der Waals surface area contributed by atoms with Gasteiger partial charge < -0.3 is 20.5 Å². The first-order chi connectivity index (χ1) is 22.5. The van der Waals surface area contributed by atoms with Crippen molar-refractivity contribution in [3.63, 3.8) is 0 Å². The number of hydrogen-bond acceptors (Lipinski definition) is 4. The Labute approximate surface area is 267 Å². The van der Waals surface area contributed by atoms with Gasteiger partial charge >= 0.3 is 12.1 Å². The molecular weight excluding hydrogens is 578 g/mol. The summed E-state index contributed by atoms with van der Waals surface area (Å²) in [5.41, 5.74) is 5.84. The summed E-state index contributed by atoms with van der Waals surface area (Å²) in [6.07, 6.45) is -1.11. The fraction of sp³-hybridized carbons (Fsp3) is 0.154. The maximum atomic E-state index is 13.7. The molecule has 2 amide bonds. The predicted molar refractivity (Wildman–Crippen MR) is 176 cm³/mol. The van der Waals surface area contributed by atoms with Crippen LogP contribution in [-0.2, 0) is 19.9 Å². The lowest BCUT2D eigenvalue weighted by atomic mass is 9.79. The van der Waals surface area contributed by atoms with E-state index < -0.39 is 23.6 Å². The fourth-order valence-electron chi connectivity index (χ4n) is 6.37. The molecule has 46 heavy (non-hydrogen) atoms. The fourth-order valence-corrected chi connectivity index (χ4v) is 6.37. The number of carbonyl (C=O) groups excluding carboxylic acids is 2. The van der Waals surface area contributed by atoms with Crippen molar-refractivity contribution in [3.8, 4) is 11.1 Å². The number of carboxylic acid groups (broad SMARTS) is 1. The minimum atomic E-state index is -1.32. The Bertz CT molecular complexity index is 1680. The van der Waals surface area contributed by atoms with Crippen LogP contribution in [0.15, 0.2) is 140 Å². The van der Waals surface area contributed by atoms with Gasteiger partial charge in [-0.25, -0.2) is 9.59 Å². The summed E-state index contributed by atoms with van der Waals surface area (Å²) in [7, 11) is 0. The number of rotatable bonds is 11. The summed E-state index contributed by atoms with van der Waals surface area (Å²) >= 11 is 0. The third-order valence-electron chi connectivity index (χ3n) is 8.54. The van der Waals surface area contributed by atoms with Gasteiger partial charge in [0.2, 0.25) is 5.91 Å². The van der Waals surface area contributed by atoms with E-state index in [1.165, 1.54) is 0 Å². The van der Waals surface area contributed by atoms with E-state index in [0.717, 1.165) is 38.9 Å². The number of ether oxygens (including phenoxy) is 1. The van der Waals surface area contributed by atoms with Crippen LogP contribution in [0.25, 0.3) is 11.1 Å². The van der Waals surface area contributed by atoms with Gasteiger partial charge in [0, 0.05) is 12.3 Å². The van der Waals surface area contributed by atoms with E-state index in [-0.39, 0.29) is 31.3 Å². The van der Waals surface area contributed by atoms with E-state index in [9.17, 15) is 19.5 Å². The molecule has 5 aromatic carbocycles. The zero-order chi connectivity index (χ0) is 31.9. The number of amides is 2. The van der Waals surface area contributed by atoms with Crippen LogP contribution in [0.3, 0.4) is 0 Å². The van der Waals surface area contributed by atoms with Gasteiger partial charge in [-0.1, -0.05) is 140 Å². The van der Waals surface area contributed by atoms with Crippen LogP contribution in [0, 0.1) is 0 Å². The third-order valence-corrected chi connectivity index (χ3v) is 8.54. The molecule has 7 heteroatoms. The highest BCUT2D eigenvalue weighted by Gasteiger charge is 2.38. The third kappa shape index (κ3) is 6.13. The molecule has 0 radical (unpaired) electrons.